The molecule has 2 saturated heterocycles. The highest BCUT2D eigenvalue weighted by molar-refractivity contribution is 7.99. The van der Waals surface area contributed by atoms with Crippen LogP contribution in [0.2, 0.25) is 0 Å². The fourth-order valence-electron chi connectivity index (χ4n) is 4.00. The Balaban J connectivity index is 1.47. The Bertz CT molecular complexity index is 829. The number of piperidine rings is 1. The number of hydrogen-bond donors (Lipinski definition) is 0. The van der Waals surface area contributed by atoms with Crippen LogP contribution in [0, 0.1) is 5.92 Å². The fourth-order valence-corrected chi connectivity index (χ4v) is 4.86. The zero-order valence-electron chi connectivity index (χ0n) is 17.9. The second-order valence-corrected chi connectivity index (χ2v) is 9.22. The van der Waals surface area contributed by atoms with Gasteiger partial charge in [-0.15, -0.1) is 10.2 Å². The van der Waals surface area contributed by atoms with Crippen molar-refractivity contribution >= 4 is 29.3 Å². The van der Waals surface area contributed by atoms with Gasteiger partial charge in [0.05, 0.1) is 18.4 Å². The van der Waals surface area contributed by atoms with E-state index in [1.54, 1.807) is 4.90 Å². The monoisotopic (exact) mass is 429 g/mol. The Morgan fingerprint density at radius 1 is 1.20 bits per heavy atom. The quantitative estimate of drug-likeness (QED) is 0.628. The van der Waals surface area contributed by atoms with Crippen molar-refractivity contribution in [2.24, 2.45) is 5.92 Å². The molecule has 0 spiro atoms. The smallest absolute Gasteiger partial charge is 0.237 e. The fraction of sp³-hybridized carbons (Fsp3) is 0.591. The molecular formula is C22H31N5O2S. The lowest BCUT2D eigenvalue weighted by atomic mass is 10.00. The third-order valence-electron chi connectivity index (χ3n) is 6.02. The number of aromatic nitrogens is 3. The predicted molar refractivity (Wildman–Crippen MR) is 120 cm³/mol. The maximum absolute atomic E-state index is 12.7. The van der Waals surface area contributed by atoms with Crippen LogP contribution in [0.5, 0.6) is 0 Å². The first kappa shape index (κ1) is 21.2. The lowest BCUT2D eigenvalue weighted by Gasteiger charge is -2.31. The number of rotatable bonds is 7. The summed E-state index contributed by atoms with van der Waals surface area (Å²) in [6.07, 6.45) is 4.72. The van der Waals surface area contributed by atoms with Gasteiger partial charge in [0, 0.05) is 32.4 Å². The molecule has 1 amide bonds. The molecule has 2 aromatic rings. The van der Waals surface area contributed by atoms with Crippen molar-refractivity contribution in [3.63, 3.8) is 0 Å². The van der Waals surface area contributed by atoms with Crippen molar-refractivity contribution in [2.45, 2.75) is 50.4 Å². The van der Waals surface area contributed by atoms with Crippen LogP contribution in [0.3, 0.4) is 0 Å². The van der Waals surface area contributed by atoms with Gasteiger partial charge in [-0.3, -0.25) is 9.36 Å². The van der Waals surface area contributed by atoms with E-state index in [9.17, 15) is 4.79 Å². The summed E-state index contributed by atoms with van der Waals surface area (Å²) >= 11 is 1.46. The highest BCUT2D eigenvalue weighted by Crippen LogP contribution is 2.28. The predicted octanol–water partition coefficient (Wildman–Crippen LogP) is 3.45. The van der Waals surface area contributed by atoms with Crippen LogP contribution in [-0.2, 0) is 16.1 Å². The van der Waals surface area contributed by atoms with E-state index >= 15 is 0 Å². The lowest BCUT2D eigenvalue weighted by Crippen LogP contribution is -2.35. The van der Waals surface area contributed by atoms with Crippen molar-refractivity contribution in [2.75, 3.05) is 42.3 Å². The summed E-state index contributed by atoms with van der Waals surface area (Å²) < 4.78 is 8.06. The Kier molecular flexibility index (Phi) is 6.94. The van der Waals surface area contributed by atoms with Gasteiger partial charge < -0.3 is 14.5 Å². The van der Waals surface area contributed by atoms with Gasteiger partial charge in [0.1, 0.15) is 0 Å². The molecule has 0 radical (unpaired) electrons. The Morgan fingerprint density at radius 2 is 1.97 bits per heavy atom. The van der Waals surface area contributed by atoms with Gasteiger partial charge >= 0.3 is 0 Å². The van der Waals surface area contributed by atoms with Crippen molar-refractivity contribution in [3.05, 3.63) is 30.3 Å². The van der Waals surface area contributed by atoms with E-state index < -0.39 is 0 Å². The second-order valence-electron chi connectivity index (χ2n) is 8.27. The van der Waals surface area contributed by atoms with E-state index in [0.29, 0.717) is 5.75 Å². The van der Waals surface area contributed by atoms with Gasteiger partial charge in [0.25, 0.3) is 0 Å². The van der Waals surface area contributed by atoms with Crippen LogP contribution in [0.15, 0.2) is 35.5 Å². The third-order valence-corrected chi connectivity index (χ3v) is 6.97. The summed E-state index contributed by atoms with van der Waals surface area (Å²) in [5.74, 6) is 2.05. The SMILES string of the molecule is CC1CCN(c2nnc(SCC(=O)N(C)c3ccccc3)n2CC2CCCO2)CC1. The minimum Gasteiger partial charge on any atom is -0.376 e. The van der Waals surface area contributed by atoms with Crippen molar-refractivity contribution in [1.29, 1.82) is 0 Å². The van der Waals surface area contributed by atoms with Crippen LogP contribution in [0.1, 0.15) is 32.6 Å². The molecule has 30 heavy (non-hydrogen) atoms. The molecule has 0 bridgehead atoms. The molecular weight excluding hydrogens is 398 g/mol. The molecule has 1 unspecified atom stereocenters. The number of hydrogen-bond acceptors (Lipinski definition) is 6. The molecule has 0 N–H and O–H groups in total. The van der Waals surface area contributed by atoms with E-state index in [4.69, 9.17) is 4.74 Å². The van der Waals surface area contributed by atoms with E-state index in [1.165, 1.54) is 24.6 Å². The summed E-state index contributed by atoms with van der Waals surface area (Å²) in [7, 11) is 1.82. The standard InChI is InChI=1S/C22H31N5O2S/c1-17-10-12-26(13-11-17)21-23-24-22(27(21)15-19-9-6-14-29-19)30-16-20(28)25(2)18-7-4-3-5-8-18/h3-5,7-8,17,19H,6,9-16H2,1-2H3. The number of thioether (sulfide) groups is 1. The average Bonchev–Trinajstić information content (AvgIpc) is 3.43. The topological polar surface area (TPSA) is 63.5 Å². The maximum atomic E-state index is 12.7. The summed E-state index contributed by atoms with van der Waals surface area (Å²) in [6.45, 7) is 5.90. The average molecular weight is 430 g/mol. The first-order valence-electron chi connectivity index (χ1n) is 10.9. The number of para-hydroxylation sites is 1. The number of ether oxygens (including phenoxy) is 1. The molecule has 1 aromatic carbocycles. The largest absolute Gasteiger partial charge is 0.376 e. The van der Waals surface area contributed by atoms with Crippen LogP contribution >= 0.6 is 11.8 Å². The van der Waals surface area contributed by atoms with Gasteiger partial charge in [-0.1, -0.05) is 36.9 Å². The zero-order valence-corrected chi connectivity index (χ0v) is 18.7. The summed E-state index contributed by atoms with van der Waals surface area (Å²) in [5, 5.41) is 9.79. The highest BCUT2D eigenvalue weighted by Gasteiger charge is 2.26. The van der Waals surface area contributed by atoms with Gasteiger partial charge in [0.15, 0.2) is 5.16 Å². The summed E-state index contributed by atoms with van der Waals surface area (Å²) in [4.78, 5) is 16.8. The molecule has 2 aliphatic rings. The van der Waals surface area contributed by atoms with Crippen LogP contribution < -0.4 is 9.80 Å². The number of carbonyl (C=O) groups is 1. The number of anilines is 2. The number of carbonyl (C=O) groups excluding carboxylic acids is 1. The molecule has 4 rings (SSSR count). The van der Waals surface area contributed by atoms with Crippen LogP contribution in [0.4, 0.5) is 11.6 Å². The Hall–Kier alpha value is -2.06. The number of amides is 1. The van der Waals surface area contributed by atoms with E-state index in [-0.39, 0.29) is 12.0 Å². The van der Waals surface area contributed by atoms with E-state index in [1.807, 2.05) is 37.4 Å². The van der Waals surface area contributed by atoms with Crippen LogP contribution in [0.25, 0.3) is 0 Å². The van der Waals surface area contributed by atoms with Crippen LogP contribution in [-0.4, -0.2) is 59.3 Å². The molecule has 1 aromatic heterocycles. The van der Waals surface area contributed by atoms with Crippen molar-refractivity contribution in [1.82, 2.24) is 14.8 Å². The minimum atomic E-state index is 0.0474. The zero-order chi connectivity index (χ0) is 20.9. The van der Waals surface area contributed by atoms with E-state index in [0.717, 1.165) is 61.8 Å². The number of benzene rings is 1. The normalized spacial score (nSPS) is 19.9. The molecule has 162 valence electrons. The summed E-state index contributed by atoms with van der Waals surface area (Å²) in [5.41, 5.74) is 0.895. The molecule has 3 heterocycles. The lowest BCUT2D eigenvalue weighted by molar-refractivity contribution is -0.115. The van der Waals surface area contributed by atoms with E-state index in [2.05, 4.69) is 26.6 Å². The van der Waals surface area contributed by atoms with Gasteiger partial charge in [-0.25, -0.2) is 0 Å². The van der Waals surface area contributed by atoms with Gasteiger partial charge in [-0.2, -0.15) is 0 Å². The molecule has 7 nitrogen and oxygen atoms in total. The first-order chi connectivity index (χ1) is 14.6. The second kappa shape index (κ2) is 9.83. The Labute approximate surface area is 182 Å². The van der Waals surface area contributed by atoms with Crippen molar-refractivity contribution < 1.29 is 9.53 Å². The maximum Gasteiger partial charge on any atom is 0.237 e. The van der Waals surface area contributed by atoms with Gasteiger partial charge in [-0.05, 0) is 43.7 Å². The molecule has 8 heteroatoms. The molecule has 0 aliphatic carbocycles. The van der Waals surface area contributed by atoms with Crippen molar-refractivity contribution in [3.8, 4) is 0 Å². The third kappa shape index (κ3) is 4.98. The Morgan fingerprint density at radius 3 is 2.67 bits per heavy atom. The molecule has 1 atom stereocenters. The molecule has 0 saturated carbocycles. The van der Waals surface area contributed by atoms with Gasteiger partial charge in [0.2, 0.25) is 11.9 Å². The number of nitrogens with zero attached hydrogens (tertiary/aromatic N) is 5. The highest BCUT2D eigenvalue weighted by atomic mass is 32.2. The minimum absolute atomic E-state index is 0.0474. The summed E-state index contributed by atoms with van der Waals surface area (Å²) in [6, 6.07) is 9.72. The molecule has 2 aliphatic heterocycles. The first-order valence-corrected chi connectivity index (χ1v) is 11.8. The molecule has 2 fully saturated rings.